The van der Waals surface area contributed by atoms with Crippen molar-refractivity contribution in [1.82, 2.24) is 4.98 Å². The van der Waals surface area contributed by atoms with Crippen LogP contribution in [0.3, 0.4) is 0 Å². The molecule has 2 heterocycles. The minimum absolute atomic E-state index is 0.0312. The lowest BCUT2D eigenvalue weighted by molar-refractivity contribution is -0.141. The van der Waals surface area contributed by atoms with Gasteiger partial charge in [-0.2, -0.15) is 13.2 Å². The fraction of sp³-hybridized carbons (Fsp3) is 0.222. The maximum atomic E-state index is 12.6. The maximum Gasteiger partial charge on any atom is 0.434 e. The molecule has 16 heavy (non-hydrogen) atoms. The highest BCUT2D eigenvalue weighted by Crippen LogP contribution is 2.37. The molecule has 0 bridgehead atoms. The monoisotopic (exact) mass is 248 g/mol. The molecule has 0 aromatic carbocycles. The molecule has 2 aromatic rings. The van der Waals surface area contributed by atoms with Crippen molar-refractivity contribution in [2.45, 2.75) is 12.7 Å². The van der Waals surface area contributed by atoms with E-state index in [9.17, 15) is 13.2 Å². The fourth-order valence-electron chi connectivity index (χ4n) is 1.22. The average molecular weight is 248 g/mol. The van der Waals surface area contributed by atoms with Crippen LogP contribution in [0.15, 0.2) is 23.0 Å². The highest BCUT2D eigenvalue weighted by molar-refractivity contribution is 7.15. The molecule has 0 saturated carbocycles. The van der Waals surface area contributed by atoms with Crippen molar-refractivity contribution >= 4 is 11.3 Å². The van der Waals surface area contributed by atoms with Gasteiger partial charge in [0.15, 0.2) is 5.69 Å². The molecule has 2 rings (SSSR count). The standard InChI is InChI=1S/C9H7F3N2OS/c10-9(11,12)7-6(3-13)16-8(14-7)5-1-2-15-4-5/h1-2,4H,3,13H2. The van der Waals surface area contributed by atoms with Gasteiger partial charge in [0.1, 0.15) is 11.3 Å². The predicted octanol–water partition coefficient (Wildman–Crippen LogP) is 2.88. The minimum Gasteiger partial charge on any atom is -0.472 e. The average Bonchev–Trinajstić information content (AvgIpc) is 2.85. The summed E-state index contributed by atoms with van der Waals surface area (Å²) < 4.78 is 42.5. The number of aromatic nitrogens is 1. The van der Waals surface area contributed by atoms with Crippen molar-refractivity contribution in [3.8, 4) is 10.6 Å². The zero-order valence-corrected chi connectivity index (χ0v) is 8.73. The zero-order chi connectivity index (χ0) is 11.8. The van der Waals surface area contributed by atoms with Gasteiger partial charge in [0.05, 0.1) is 11.1 Å². The molecule has 2 N–H and O–H groups in total. The van der Waals surface area contributed by atoms with E-state index in [-0.39, 0.29) is 16.4 Å². The fourth-order valence-corrected chi connectivity index (χ4v) is 2.17. The van der Waals surface area contributed by atoms with Gasteiger partial charge in [0, 0.05) is 12.1 Å². The quantitative estimate of drug-likeness (QED) is 0.889. The summed E-state index contributed by atoms with van der Waals surface area (Å²) in [6.45, 7) is -0.176. The van der Waals surface area contributed by atoms with Gasteiger partial charge >= 0.3 is 6.18 Å². The molecular formula is C9H7F3N2OS. The third-order valence-corrected chi connectivity index (χ3v) is 3.05. The van der Waals surface area contributed by atoms with Crippen LogP contribution in [-0.2, 0) is 12.7 Å². The molecule has 7 heteroatoms. The van der Waals surface area contributed by atoms with Crippen LogP contribution in [0.25, 0.3) is 10.6 Å². The molecule has 0 amide bonds. The molecule has 0 aliphatic carbocycles. The van der Waals surface area contributed by atoms with Crippen molar-refractivity contribution in [3.05, 3.63) is 29.2 Å². The summed E-state index contributed by atoms with van der Waals surface area (Å²) in [5.41, 5.74) is 4.88. The second kappa shape index (κ2) is 3.91. The molecule has 0 unspecified atom stereocenters. The van der Waals surface area contributed by atoms with Crippen molar-refractivity contribution in [2.24, 2.45) is 5.73 Å². The van der Waals surface area contributed by atoms with Crippen LogP contribution >= 0.6 is 11.3 Å². The Labute approximate surface area is 92.7 Å². The van der Waals surface area contributed by atoms with E-state index in [1.54, 1.807) is 6.07 Å². The van der Waals surface area contributed by atoms with E-state index in [1.165, 1.54) is 12.5 Å². The minimum atomic E-state index is -4.47. The number of rotatable bonds is 2. The molecule has 0 aliphatic rings. The van der Waals surface area contributed by atoms with Crippen LogP contribution < -0.4 is 5.73 Å². The van der Waals surface area contributed by atoms with Gasteiger partial charge in [-0.25, -0.2) is 4.98 Å². The van der Waals surface area contributed by atoms with E-state index in [0.29, 0.717) is 5.56 Å². The Balaban J connectivity index is 2.48. The lowest BCUT2D eigenvalue weighted by Gasteiger charge is -2.03. The molecule has 0 aliphatic heterocycles. The number of nitrogens with zero attached hydrogens (tertiary/aromatic N) is 1. The molecule has 0 saturated heterocycles. The van der Waals surface area contributed by atoms with Gasteiger partial charge in [0.2, 0.25) is 0 Å². The third kappa shape index (κ3) is 1.96. The van der Waals surface area contributed by atoms with Gasteiger partial charge in [-0.05, 0) is 6.07 Å². The molecular weight excluding hydrogens is 241 g/mol. The maximum absolute atomic E-state index is 12.6. The topological polar surface area (TPSA) is 52.0 Å². The number of hydrogen-bond donors (Lipinski definition) is 1. The van der Waals surface area contributed by atoms with Crippen molar-refractivity contribution in [2.75, 3.05) is 0 Å². The molecule has 86 valence electrons. The predicted molar refractivity (Wildman–Crippen MR) is 52.7 cm³/mol. The summed E-state index contributed by atoms with van der Waals surface area (Å²) in [4.78, 5) is 3.58. The Morgan fingerprint density at radius 1 is 1.44 bits per heavy atom. The van der Waals surface area contributed by atoms with Gasteiger partial charge in [-0.15, -0.1) is 11.3 Å². The van der Waals surface area contributed by atoms with E-state index < -0.39 is 11.9 Å². The Morgan fingerprint density at radius 3 is 2.62 bits per heavy atom. The number of halogens is 3. The number of alkyl halides is 3. The summed E-state index contributed by atoms with van der Waals surface area (Å²) in [5, 5.41) is 0.265. The first-order valence-corrected chi connectivity index (χ1v) is 5.13. The second-order valence-corrected chi connectivity index (χ2v) is 4.09. The molecule has 3 nitrogen and oxygen atoms in total. The molecule has 2 aromatic heterocycles. The van der Waals surface area contributed by atoms with Gasteiger partial charge < -0.3 is 10.2 Å². The second-order valence-electron chi connectivity index (χ2n) is 3.00. The van der Waals surface area contributed by atoms with Crippen LogP contribution in [0, 0.1) is 0 Å². The Bertz CT molecular complexity index is 475. The smallest absolute Gasteiger partial charge is 0.434 e. The first-order valence-electron chi connectivity index (χ1n) is 4.32. The molecule has 0 radical (unpaired) electrons. The summed E-state index contributed by atoms with van der Waals surface area (Å²) in [5.74, 6) is 0. The van der Waals surface area contributed by atoms with Crippen molar-refractivity contribution in [3.63, 3.8) is 0 Å². The summed E-state index contributed by atoms with van der Waals surface area (Å²) in [6.07, 6.45) is -1.74. The van der Waals surface area contributed by atoms with Crippen LogP contribution in [0.4, 0.5) is 13.2 Å². The van der Waals surface area contributed by atoms with E-state index in [2.05, 4.69) is 4.98 Å². The first-order chi connectivity index (χ1) is 7.52. The number of furan rings is 1. The summed E-state index contributed by atoms with van der Waals surface area (Å²) in [7, 11) is 0. The van der Waals surface area contributed by atoms with Gasteiger partial charge in [0.25, 0.3) is 0 Å². The first kappa shape index (κ1) is 11.2. The molecule has 0 atom stereocenters. The zero-order valence-electron chi connectivity index (χ0n) is 7.91. The van der Waals surface area contributed by atoms with E-state index >= 15 is 0 Å². The molecule has 0 fully saturated rings. The summed E-state index contributed by atoms with van der Waals surface area (Å²) in [6, 6.07) is 1.55. The van der Waals surface area contributed by atoms with Gasteiger partial charge in [-0.1, -0.05) is 0 Å². The summed E-state index contributed by atoms with van der Waals surface area (Å²) >= 11 is 0.928. The lowest BCUT2D eigenvalue weighted by atomic mass is 10.3. The largest absolute Gasteiger partial charge is 0.472 e. The van der Waals surface area contributed by atoms with E-state index in [1.807, 2.05) is 0 Å². The van der Waals surface area contributed by atoms with Crippen molar-refractivity contribution < 1.29 is 17.6 Å². The SMILES string of the molecule is NCc1sc(-c2ccoc2)nc1C(F)(F)F. The van der Waals surface area contributed by atoms with E-state index in [4.69, 9.17) is 10.2 Å². The highest BCUT2D eigenvalue weighted by atomic mass is 32.1. The normalized spacial score (nSPS) is 12.0. The number of hydrogen-bond acceptors (Lipinski definition) is 4. The van der Waals surface area contributed by atoms with Gasteiger partial charge in [-0.3, -0.25) is 0 Å². The Hall–Kier alpha value is -1.34. The van der Waals surface area contributed by atoms with Crippen LogP contribution in [0.5, 0.6) is 0 Å². The molecule has 0 spiro atoms. The van der Waals surface area contributed by atoms with Crippen LogP contribution in [0.1, 0.15) is 10.6 Å². The number of nitrogens with two attached hydrogens (primary N) is 1. The lowest BCUT2D eigenvalue weighted by Crippen LogP contribution is -2.10. The van der Waals surface area contributed by atoms with Crippen LogP contribution in [0.2, 0.25) is 0 Å². The third-order valence-electron chi connectivity index (χ3n) is 1.92. The van der Waals surface area contributed by atoms with Crippen LogP contribution in [-0.4, -0.2) is 4.98 Å². The van der Waals surface area contributed by atoms with E-state index in [0.717, 1.165) is 11.3 Å². The Kier molecular flexibility index (Phi) is 2.73. The Morgan fingerprint density at radius 2 is 2.19 bits per heavy atom. The van der Waals surface area contributed by atoms with Crippen molar-refractivity contribution in [1.29, 1.82) is 0 Å². The highest BCUT2D eigenvalue weighted by Gasteiger charge is 2.37. The number of thiazole rings is 1.